The van der Waals surface area contributed by atoms with Crippen LogP contribution in [0.15, 0.2) is 28.9 Å². The Morgan fingerprint density at radius 2 is 2.12 bits per heavy atom. The molecule has 0 aromatic carbocycles. The second-order valence-electron chi connectivity index (χ2n) is 3.13. The SMILES string of the molecule is Cc1nnc(CNC(=O)c2ccncc2)o1. The Labute approximate surface area is 91.7 Å². The van der Waals surface area contributed by atoms with Crippen molar-refractivity contribution in [3.05, 3.63) is 41.9 Å². The molecule has 0 radical (unpaired) electrons. The summed E-state index contributed by atoms with van der Waals surface area (Å²) < 4.78 is 5.12. The Morgan fingerprint density at radius 3 is 2.75 bits per heavy atom. The van der Waals surface area contributed by atoms with Crippen molar-refractivity contribution in [3.63, 3.8) is 0 Å². The first kappa shape index (κ1) is 10.3. The molecule has 1 amide bonds. The first-order chi connectivity index (χ1) is 7.75. The van der Waals surface area contributed by atoms with Crippen molar-refractivity contribution < 1.29 is 9.21 Å². The lowest BCUT2D eigenvalue weighted by Gasteiger charge is -2.01. The molecular weight excluding hydrogens is 208 g/mol. The summed E-state index contributed by atoms with van der Waals surface area (Å²) in [4.78, 5) is 15.4. The molecule has 0 aliphatic carbocycles. The molecule has 0 bridgehead atoms. The maximum Gasteiger partial charge on any atom is 0.251 e. The van der Waals surface area contributed by atoms with Crippen LogP contribution in [0.25, 0.3) is 0 Å². The summed E-state index contributed by atoms with van der Waals surface area (Å²) in [6, 6.07) is 3.27. The van der Waals surface area contributed by atoms with Crippen LogP contribution in [0, 0.1) is 6.92 Å². The minimum Gasteiger partial charge on any atom is -0.424 e. The van der Waals surface area contributed by atoms with Crippen molar-refractivity contribution in [3.8, 4) is 0 Å². The maximum absolute atomic E-state index is 11.6. The van der Waals surface area contributed by atoms with E-state index in [2.05, 4.69) is 20.5 Å². The molecule has 2 aromatic rings. The summed E-state index contributed by atoms with van der Waals surface area (Å²) in [6.45, 7) is 1.92. The standard InChI is InChI=1S/C10H10N4O2/c1-7-13-14-9(16-7)6-12-10(15)8-2-4-11-5-3-8/h2-5H,6H2,1H3,(H,12,15). The van der Waals surface area contributed by atoms with Crippen molar-refractivity contribution in [2.75, 3.05) is 0 Å². The molecule has 0 spiro atoms. The first-order valence-corrected chi connectivity index (χ1v) is 4.73. The number of carbonyl (C=O) groups excluding carboxylic acids is 1. The zero-order chi connectivity index (χ0) is 11.4. The number of rotatable bonds is 3. The lowest BCUT2D eigenvalue weighted by molar-refractivity contribution is 0.0947. The fourth-order valence-electron chi connectivity index (χ4n) is 1.17. The van der Waals surface area contributed by atoms with Gasteiger partial charge in [-0.2, -0.15) is 0 Å². The van der Waals surface area contributed by atoms with Crippen molar-refractivity contribution in [1.82, 2.24) is 20.5 Å². The smallest absolute Gasteiger partial charge is 0.251 e. The van der Waals surface area contributed by atoms with Crippen LogP contribution in [0.3, 0.4) is 0 Å². The van der Waals surface area contributed by atoms with Gasteiger partial charge in [0.15, 0.2) is 0 Å². The van der Waals surface area contributed by atoms with Gasteiger partial charge in [0.05, 0.1) is 6.54 Å². The Kier molecular flexibility index (Phi) is 2.90. The van der Waals surface area contributed by atoms with Crippen molar-refractivity contribution in [2.45, 2.75) is 13.5 Å². The highest BCUT2D eigenvalue weighted by atomic mass is 16.4. The minimum absolute atomic E-state index is 0.196. The molecule has 0 aliphatic rings. The van der Waals surface area contributed by atoms with Gasteiger partial charge in [0, 0.05) is 24.9 Å². The van der Waals surface area contributed by atoms with E-state index in [-0.39, 0.29) is 12.5 Å². The second-order valence-corrected chi connectivity index (χ2v) is 3.13. The summed E-state index contributed by atoms with van der Waals surface area (Å²) in [5.74, 6) is 0.673. The topological polar surface area (TPSA) is 80.9 Å². The van der Waals surface area contributed by atoms with E-state index in [1.165, 1.54) is 0 Å². The third kappa shape index (κ3) is 2.41. The molecule has 16 heavy (non-hydrogen) atoms. The monoisotopic (exact) mass is 218 g/mol. The number of pyridine rings is 1. The fraction of sp³-hybridized carbons (Fsp3) is 0.200. The van der Waals surface area contributed by atoms with Crippen LogP contribution in [0.5, 0.6) is 0 Å². The maximum atomic E-state index is 11.6. The van der Waals surface area contributed by atoms with Gasteiger partial charge < -0.3 is 9.73 Å². The van der Waals surface area contributed by atoms with E-state index in [1.807, 2.05) is 0 Å². The van der Waals surface area contributed by atoms with E-state index in [4.69, 9.17) is 4.42 Å². The number of aryl methyl sites for hydroxylation is 1. The van der Waals surface area contributed by atoms with Crippen LogP contribution in [0.1, 0.15) is 22.1 Å². The van der Waals surface area contributed by atoms with Gasteiger partial charge in [-0.05, 0) is 12.1 Å². The first-order valence-electron chi connectivity index (χ1n) is 4.73. The van der Waals surface area contributed by atoms with Gasteiger partial charge in [-0.3, -0.25) is 9.78 Å². The second kappa shape index (κ2) is 4.52. The minimum atomic E-state index is -0.196. The zero-order valence-electron chi connectivity index (χ0n) is 8.67. The lowest BCUT2D eigenvalue weighted by atomic mass is 10.2. The number of nitrogens with one attached hydrogen (secondary N) is 1. The molecule has 0 atom stereocenters. The summed E-state index contributed by atoms with van der Waals surface area (Å²) in [6.07, 6.45) is 3.12. The van der Waals surface area contributed by atoms with Crippen LogP contribution in [-0.2, 0) is 6.54 Å². The molecule has 0 unspecified atom stereocenters. The molecule has 82 valence electrons. The van der Waals surface area contributed by atoms with Gasteiger partial charge >= 0.3 is 0 Å². The average Bonchev–Trinajstić information content (AvgIpc) is 2.73. The predicted octanol–water partition coefficient (Wildman–Crippen LogP) is 0.703. The van der Waals surface area contributed by atoms with Gasteiger partial charge in [-0.25, -0.2) is 0 Å². The van der Waals surface area contributed by atoms with Gasteiger partial charge in [-0.1, -0.05) is 0 Å². The van der Waals surface area contributed by atoms with Gasteiger partial charge in [0.25, 0.3) is 5.91 Å². The normalized spacial score (nSPS) is 10.1. The largest absolute Gasteiger partial charge is 0.424 e. The lowest BCUT2D eigenvalue weighted by Crippen LogP contribution is -2.22. The molecule has 0 saturated carbocycles. The Morgan fingerprint density at radius 1 is 1.38 bits per heavy atom. The van der Waals surface area contributed by atoms with E-state index in [9.17, 15) is 4.79 Å². The number of nitrogens with zero attached hydrogens (tertiary/aromatic N) is 3. The molecule has 6 nitrogen and oxygen atoms in total. The third-order valence-corrected chi connectivity index (χ3v) is 1.91. The van der Waals surface area contributed by atoms with Crippen molar-refractivity contribution in [2.24, 2.45) is 0 Å². The highest BCUT2D eigenvalue weighted by Crippen LogP contribution is 1.99. The van der Waals surface area contributed by atoms with Gasteiger partial charge in [0.2, 0.25) is 11.8 Å². The predicted molar refractivity (Wildman–Crippen MR) is 54.4 cm³/mol. The van der Waals surface area contributed by atoms with Crippen LogP contribution in [0.4, 0.5) is 0 Å². The average molecular weight is 218 g/mol. The summed E-state index contributed by atoms with van der Waals surface area (Å²) >= 11 is 0. The number of hydrogen-bond acceptors (Lipinski definition) is 5. The molecule has 0 fully saturated rings. The van der Waals surface area contributed by atoms with Crippen LogP contribution in [-0.4, -0.2) is 21.1 Å². The molecular formula is C10H10N4O2. The zero-order valence-corrected chi connectivity index (χ0v) is 8.67. The number of amides is 1. The molecule has 2 rings (SSSR count). The van der Waals surface area contributed by atoms with Gasteiger partial charge in [0.1, 0.15) is 0 Å². The van der Waals surface area contributed by atoms with Crippen molar-refractivity contribution >= 4 is 5.91 Å². The summed E-state index contributed by atoms with van der Waals surface area (Å²) in [5.41, 5.74) is 0.547. The molecule has 2 aromatic heterocycles. The van der Waals surface area contributed by atoms with Crippen LogP contribution in [0.2, 0.25) is 0 Å². The summed E-state index contributed by atoms with van der Waals surface area (Å²) in [5, 5.41) is 10.1. The number of hydrogen-bond donors (Lipinski definition) is 1. The molecule has 0 saturated heterocycles. The van der Waals surface area contributed by atoms with E-state index < -0.39 is 0 Å². The molecule has 6 heteroatoms. The van der Waals surface area contributed by atoms with E-state index in [0.717, 1.165) is 0 Å². The van der Waals surface area contributed by atoms with Crippen LogP contribution >= 0.6 is 0 Å². The van der Waals surface area contributed by atoms with Crippen molar-refractivity contribution in [1.29, 1.82) is 0 Å². The molecule has 2 heterocycles. The van der Waals surface area contributed by atoms with E-state index in [1.54, 1.807) is 31.5 Å². The fourth-order valence-corrected chi connectivity index (χ4v) is 1.17. The van der Waals surface area contributed by atoms with E-state index >= 15 is 0 Å². The van der Waals surface area contributed by atoms with Gasteiger partial charge in [-0.15, -0.1) is 10.2 Å². The third-order valence-electron chi connectivity index (χ3n) is 1.91. The summed E-state index contributed by atoms with van der Waals surface area (Å²) in [7, 11) is 0. The Bertz CT molecular complexity index is 481. The highest BCUT2D eigenvalue weighted by molar-refractivity contribution is 5.93. The Hall–Kier alpha value is -2.24. The highest BCUT2D eigenvalue weighted by Gasteiger charge is 2.07. The Balaban J connectivity index is 1.94. The van der Waals surface area contributed by atoms with E-state index in [0.29, 0.717) is 17.3 Å². The molecule has 1 N–H and O–H groups in total. The van der Waals surface area contributed by atoms with Crippen LogP contribution < -0.4 is 5.32 Å². The molecule has 0 aliphatic heterocycles. The number of aromatic nitrogens is 3. The quantitative estimate of drug-likeness (QED) is 0.820. The number of carbonyl (C=O) groups is 1.